The van der Waals surface area contributed by atoms with E-state index in [9.17, 15) is 9.59 Å². The van der Waals surface area contributed by atoms with Crippen LogP contribution in [0.2, 0.25) is 0 Å². The lowest BCUT2D eigenvalue weighted by molar-refractivity contribution is -0.297. The zero-order chi connectivity index (χ0) is 32.7. The van der Waals surface area contributed by atoms with Gasteiger partial charge in [0.05, 0.1) is 45.9 Å². The third-order valence-corrected chi connectivity index (χ3v) is 15.5. The normalized spacial score (nSPS) is 11.2. The van der Waals surface area contributed by atoms with Crippen LogP contribution in [0.4, 0.5) is 0 Å². The Hall–Kier alpha value is 1.85. The maximum absolute atomic E-state index is 11.8. The minimum Gasteiger partial charge on any atom is -0.465 e. The van der Waals surface area contributed by atoms with Crippen LogP contribution in [-0.2, 0) is 38.6 Å². The van der Waals surface area contributed by atoms with E-state index in [-0.39, 0.29) is 38.4 Å². The van der Waals surface area contributed by atoms with Crippen LogP contribution in [0, 0.1) is 0 Å². The summed E-state index contributed by atoms with van der Waals surface area (Å²) in [5.41, 5.74) is 0. The SMILES string of the molecule is O=C(CCSCSCSCCCOOCCSCSCSCCOC(=O)CCSCSCSCCCOOCCO)OCCO. The highest BCUT2D eigenvalue weighted by atomic mass is 32.2. The van der Waals surface area contributed by atoms with Crippen LogP contribution < -0.4 is 0 Å². The van der Waals surface area contributed by atoms with E-state index in [0.717, 1.165) is 77.9 Å². The van der Waals surface area contributed by atoms with Crippen LogP contribution in [0.15, 0.2) is 0 Å². The Morgan fingerprint density at radius 1 is 0.400 bits per heavy atom. The fourth-order valence-corrected chi connectivity index (χ4v) is 12.4. The molecule has 2 N–H and O–H groups in total. The molecule has 0 radical (unpaired) electrons. The number of rotatable bonds is 38. The molecule has 0 aliphatic carbocycles. The predicted octanol–water partition coefficient (Wildman–Crippen LogP) is 5.86. The molecule has 0 rings (SSSR count). The van der Waals surface area contributed by atoms with Gasteiger partial charge in [0.1, 0.15) is 19.8 Å². The average Bonchev–Trinajstić information content (AvgIpc) is 3.04. The molecule has 0 saturated carbocycles. The summed E-state index contributed by atoms with van der Waals surface area (Å²) in [6, 6.07) is 0. The van der Waals surface area contributed by atoms with Crippen molar-refractivity contribution >= 4 is 118 Å². The number of hydrogen-bond acceptors (Lipinski definition) is 19. The first-order valence-electron chi connectivity index (χ1n) is 14.4. The fourth-order valence-electron chi connectivity index (χ4n) is 2.44. The monoisotopic (exact) mass is 810 g/mol. The molecule has 0 atom stereocenters. The number of aliphatic hydroxyl groups excluding tert-OH is 2. The van der Waals surface area contributed by atoms with Crippen molar-refractivity contribution in [3.63, 3.8) is 0 Å². The average molecular weight is 811 g/mol. The molecule has 0 bridgehead atoms. The van der Waals surface area contributed by atoms with E-state index in [1.54, 1.807) is 35.3 Å². The van der Waals surface area contributed by atoms with Crippen molar-refractivity contribution in [2.24, 2.45) is 0 Å². The van der Waals surface area contributed by atoms with Gasteiger partial charge in [-0.2, -0.15) is 47.0 Å². The Kier molecular flexibility index (Phi) is 43.7. The Bertz CT molecular complexity index is 634. The molecule has 0 heterocycles. The lowest BCUT2D eigenvalue weighted by Gasteiger charge is -2.06. The van der Waals surface area contributed by atoms with E-state index in [4.69, 9.17) is 39.2 Å². The standard InChI is InChI=1S/C26H50O10S9/c27-5-9-31-25(29)3-15-39-21-43-20-38-14-2-8-34-36-12-18-42-24-45-23-41-17-11-32-26(30)4-16-40-22-44-19-37-13-1-7-33-35-10-6-28/h27-28H,1-24H2. The first-order chi connectivity index (χ1) is 22.2. The van der Waals surface area contributed by atoms with Crippen molar-refractivity contribution in [3.8, 4) is 0 Å². The van der Waals surface area contributed by atoms with Crippen LogP contribution in [0.25, 0.3) is 0 Å². The highest BCUT2D eigenvalue weighted by Crippen LogP contribution is 2.20. The summed E-state index contributed by atoms with van der Waals surface area (Å²) in [6.07, 6.45) is 2.71. The molecule has 19 heteroatoms. The Morgan fingerprint density at radius 3 is 1.27 bits per heavy atom. The number of ether oxygens (including phenoxy) is 2. The van der Waals surface area contributed by atoms with Gasteiger partial charge in [-0.3, -0.25) is 9.59 Å². The minimum absolute atomic E-state index is 0.0297. The van der Waals surface area contributed by atoms with Crippen molar-refractivity contribution in [3.05, 3.63) is 0 Å². The summed E-state index contributed by atoms with van der Waals surface area (Å²) in [6.45, 7) is 2.33. The van der Waals surface area contributed by atoms with E-state index in [1.807, 2.05) is 70.6 Å². The van der Waals surface area contributed by atoms with Gasteiger partial charge in [0, 0.05) is 53.5 Å². The van der Waals surface area contributed by atoms with E-state index >= 15 is 0 Å². The molecule has 0 saturated heterocycles. The number of thioether (sulfide) groups is 9. The van der Waals surface area contributed by atoms with Crippen molar-refractivity contribution in [1.82, 2.24) is 0 Å². The molecule has 0 fully saturated rings. The van der Waals surface area contributed by atoms with Crippen LogP contribution in [0.5, 0.6) is 0 Å². The predicted molar refractivity (Wildman–Crippen MR) is 205 cm³/mol. The summed E-state index contributed by atoms with van der Waals surface area (Å²) < 4.78 is 10.1. The van der Waals surface area contributed by atoms with Gasteiger partial charge < -0.3 is 19.7 Å². The number of aliphatic hydroxyl groups is 2. The fraction of sp³-hybridized carbons (Fsp3) is 0.923. The molecule has 0 aliphatic heterocycles. The van der Waals surface area contributed by atoms with Gasteiger partial charge in [0.25, 0.3) is 0 Å². The number of hydrogen-bond donors (Lipinski definition) is 2. The second-order valence-electron chi connectivity index (χ2n) is 8.15. The van der Waals surface area contributed by atoms with Gasteiger partial charge in [-0.1, -0.05) is 0 Å². The quantitative estimate of drug-likeness (QED) is 0.0254. The molecule has 45 heavy (non-hydrogen) atoms. The molecule has 10 nitrogen and oxygen atoms in total. The summed E-state index contributed by atoms with van der Waals surface area (Å²) in [5.74, 6) is 4.91. The van der Waals surface area contributed by atoms with Gasteiger partial charge in [0.2, 0.25) is 0 Å². The molecule has 0 aromatic heterocycles. The highest BCUT2D eigenvalue weighted by molar-refractivity contribution is 8.23. The summed E-state index contributed by atoms with van der Waals surface area (Å²) in [4.78, 5) is 43.3. The molecular weight excluding hydrogens is 761 g/mol. The van der Waals surface area contributed by atoms with Crippen molar-refractivity contribution in [2.75, 3.05) is 118 Å². The van der Waals surface area contributed by atoms with E-state index in [1.165, 1.54) is 0 Å². The minimum atomic E-state index is -0.250. The number of carbonyl (C=O) groups excluding carboxylic acids is 2. The highest BCUT2D eigenvalue weighted by Gasteiger charge is 2.04. The van der Waals surface area contributed by atoms with E-state index in [0.29, 0.717) is 39.3 Å². The topological polar surface area (TPSA) is 130 Å². The number of esters is 2. The van der Waals surface area contributed by atoms with Gasteiger partial charge >= 0.3 is 11.9 Å². The van der Waals surface area contributed by atoms with Crippen molar-refractivity contribution < 1.29 is 48.8 Å². The Morgan fingerprint density at radius 2 is 0.778 bits per heavy atom. The van der Waals surface area contributed by atoms with Gasteiger partial charge in [0.15, 0.2) is 0 Å². The Balaban J connectivity index is 3.16. The smallest absolute Gasteiger partial charge is 0.306 e. The van der Waals surface area contributed by atoms with Crippen LogP contribution in [0.3, 0.4) is 0 Å². The first kappa shape index (κ1) is 46.9. The number of carbonyl (C=O) groups is 2. The summed E-state index contributed by atoms with van der Waals surface area (Å²) in [5, 5.41) is 23.1. The molecule has 0 amide bonds. The molecule has 0 aromatic carbocycles. The van der Waals surface area contributed by atoms with Gasteiger partial charge in [-0.05, 0) is 24.3 Å². The lowest BCUT2D eigenvalue weighted by Crippen LogP contribution is -2.08. The molecule has 0 unspecified atom stereocenters. The van der Waals surface area contributed by atoms with Gasteiger partial charge in [-0.25, -0.2) is 19.6 Å². The lowest BCUT2D eigenvalue weighted by atomic mass is 10.5. The second kappa shape index (κ2) is 42.0. The maximum Gasteiger partial charge on any atom is 0.306 e. The largest absolute Gasteiger partial charge is 0.465 e. The Labute approximate surface area is 307 Å². The third kappa shape index (κ3) is 41.9. The molecule has 0 spiro atoms. The second-order valence-corrected chi connectivity index (χ2v) is 19.9. The van der Waals surface area contributed by atoms with Crippen LogP contribution in [-0.4, -0.2) is 140 Å². The molecule has 0 aliphatic rings. The van der Waals surface area contributed by atoms with Crippen molar-refractivity contribution in [2.45, 2.75) is 25.7 Å². The molecule has 268 valence electrons. The van der Waals surface area contributed by atoms with E-state index in [2.05, 4.69) is 0 Å². The summed E-state index contributed by atoms with van der Waals surface area (Å²) >= 11 is 16.4. The summed E-state index contributed by atoms with van der Waals surface area (Å²) in [7, 11) is 0. The van der Waals surface area contributed by atoms with Gasteiger partial charge in [-0.15, -0.1) is 58.8 Å². The third-order valence-electron chi connectivity index (χ3n) is 4.43. The van der Waals surface area contributed by atoms with E-state index < -0.39 is 0 Å². The van der Waals surface area contributed by atoms with Crippen LogP contribution in [0.1, 0.15) is 25.7 Å². The maximum atomic E-state index is 11.8. The zero-order valence-electron chi connectivity index (χ0n) is 25.8. The first-order valence-corrected chi connectivity index (χ1v) is 24.8. The van der Waals surface area contributed by atoms with Crippen LogP contribution >= 0.6 is 106 Å². The zero-order valence-corrected chi connectivity index (χ0v) is 33.2. The molecule has 0 aromatic rings. The molecular formula is C26H50O10S9. The van der Waals surface area contributed by atoms with Crippen molar-refractivity contribution in [1.29, 1.82) is 0 Å².